The van der Waals surface area contributed by atoms with Crippen LogP contribution in [0, 0.1) is 5.82 Å². The third kappa shape index (κ3) is 1.93. The fourth-order valence-corrected chi connectivity index (χ4v) is 1.95. The molecule has 0 aromatic heterocycles. The van der Waals surface area contributed by atoms with E-state index in [2.05, 4.69) is 15.9 Å². The van der Waals surface area contributed by atoms with Gasteiger partial charge >= 0.3 is 0 Å². The van der Waals surface area contributed by atoms with E-state index in [0.29, 0.717) is 21.3 Å². The van der Waals surface area contributed by atoms with Gasteiger partial charge in [0.2, 0.25) is 0 Å². The molecule has 0 aliphatic carbocycles. The molecule has 4 heteroatoms. The van der Waals surface area contributed by atoms with Crippen LogP contribution in [0.4, 0.5) is 10.1 Å². The molecule has 0 aliphatic rings. The Morgan fingerprint density at radius 1 is 1.06 bits per heavy atom. The van der Waals surface area contributed by atoms with Crippen molar-refractivity contribution in [1.82, 2.24) is 0 Å². The maximum atomic E-state index is 13.9. The number of hydrogen-bond acceptors (Lipinski definition) is 1. The molecule has 1 nitrogen and oxygen atoms in total. The van der Waals surface area contributed by atoms with E-state index in [1.807, 2.05) is 0 Å². The van der Waals surface area contributed by atoms with Crippen LogP contribution in [0.25, 0.3) is 11.1 Å². The van der Waals surface area contributed by atoms with Gasteiger partial charge in [0.25, 0.3) is 0 Å². The predicted octanol–water partition coefficient (Wildman–Crippen LogP) is 4.49. The van der Waals surface area contributed by atoms with Crippen LogP contribution in [0.3, 0.4) is 0 Å². The van der Waals surface area contributed by atoms with E-state index in [1.165, 1.54) is 0 Å². The standard InChI is InChI=1S/C12H8BrClFN/c13-9-6-5-8(12(15)11(9)14)7-3-1-2-4-10(7)16/h1-6H,16H2. The summed E-state index contributed by atoms with van der Waals surface area (Å²) in [7, 11) is 0. The molecule has 0 spiro atoms. The van der Waals surface area contributed by atoms with E-state index < -0.39 is 5.82 Å². The van der Waals surface area contributed by atoms with Gasteiger partial charge in [0.15, 0.2) is 5.82 Å². The fraction of sp³-hybridized carbons (Fsp3) is 0. The lowest BCUT2D eigenvalue weighted by atomic mass is 10.0. The molecule has 0 amide bonds. The number of halogens is 3. The molecule has 0 aliphatic heterocycles. The van der Waals surface area contributed by atoms with E-state index in [4.69, 9.17) is 17.3 Å². The number of rotatable bonds is 1. The summed E-state index contributed by atoms with van der Waals surface area (Å²) in [6, 6.07) is 10.4. The zero-order chi connectivity index (χ0) is 11.7. The van der Waals surface area contributed by atoms with E-state index in [9.17, 15) is 4.39 Å². The van der Waals surface area contributed by atoms with Gasteiger partial charge < -0.3 is 5.73 Å². The number of nitrogen functional groups attached to an aromatic ring is 1. The summed E-state index contributed by atoms with van der Waals surface area (Å²) in [6.07, 6.45) is 0. The lowest BCUT2D eigenvalue weighted by molar-refractivity contribution is 0.631. The van der Waals surface area contributed by atoms with Gasteiger partial charge in [-0.05, 0) is 28.1 Å². The normalized spacial score (nSPS) is 10.4. The number of para-hydroxylation sites is 1. The van der Waals surface area contributed by atoms with E-state index in [-0.39, 0.29) is 5.02 Å². The first kappa shape index (κ1) is 11.4. The Hall–Kier alpha value is -1.06. The second-order valence-corrected chi connectivity index (χ2v) is 4.54. The molecule has 0 saturated heterocycles. The second-order valence-electron chi connectivity index (χ2n) is 3.31. The topological polar surface area (TPSA) is 26.0 Å². The summed E-state index contributed by atoms with van der Waals surface area (Å²) in [5.41, 5.74) is 7.37. The first-order valence-corrected chi connectivity index (χ1v) is 5.76. The third-order valence-electron chi connectivity index (χ3n) is 2.29. The summed E-state index contributed by atoms with van der Waals surface area (Å²) in [6.45, 7) is 0. The van der Waals surface area contributed by atoms with Crippen LogP contribution in [0.1, 0.15) is 0 Å². The largest absolute Gasteiger partial charge is 0.398 e. The van der Waals surface area contributed by atoms with Gasteiger partial charge in [-0.3, -0.25) is 0 Å². The molecule has 2 N–H and O–H groups in total. The molecule has 82 valence electrons. The molecule has 0 fully saturated rings. The first-order valence-electron chi connectivity index (χ1n) is 4.59. The quantitative estimate of drug-likeness (QED) is 0.609. The van der Waals surface area contributed by atoms with E-state index >= 15 is 0 Å². The Bertz CT molecular complexity index is 543. The Morgan fingerprint density at radius 3 is 2.44 bits per heavy atom. The van der Waals surface area contributed by atoms with Crippen molar-refractivity contribution in [1.29, 1.82) is 0 Å². The highest BCUT2D eigenvalue weighted by Gasteiger charge is 2.13. The molecule has 2 aromatic carbocycles. The lowest BCUT2D eigenvalue weighted by Gasteiger charge is -2.08. The smallest absolute Gasteiger partial charge is 0.150 e. The Labute approximate surface area is 106 Å². The van der Waals surface area contributed by atoms with Crippen LogP contribution in [0.15, 0.2) is 40.9 Å². The van der Waals surface area contributed by atoms with Crippen molar-refractivity contribution in [2.45, 2.75) is 0 Å². The summed E-state index contributed by atoms with van der Waals surface area (Å²) in [4.78, 5) is 0. The second kappa shape index (κ2) is 4.44. The number of hydrogen-bond donors (Lipinski definition) is 1. The summed E-state index contributed by atoms with van der Waals surface area (Å²) in [5.74, 6) is -0.464. The van der Waals surface area contributed by atoms with Crippen molar-refractivity contribution in [3.8, 4) is 11.1 Å². The maximum Gasteiger partial charge on any atom is 0.150 e. The van der Waals surface area contributed by atoms with Crippen LogP contribution in [0.2, 0.25) is 5.02 Å². The Morgan fingerprint density at radius 2 is 1.75 bits per heavy atom. The first-order chi connectivity index (χ1) is 7.61. The monoisotopic (exact) mass is 299 g/mol. The molecule has 0 radical (unpaired) electrons. The zero-order valence-corrected chi connectivity index (χ0v) is 10.5. The maximum absolute atomic E-state index is 13.9. The summed E-state index contributed by atoms with van der Waals surface area (Å²) in [5, 5.41) is 0.0701. The van der Waals surface area contributed by atoms with Crippen molar-refractivity contribution < 1.29 is 4.39 Å². The van der Waals surface area contributed by atoms with Gasteiger partial charge in [-0.15, -0.1) is 0 Å². The van der Waals surface area contributed by atoms with Crippen LogP contribution >= 0.6 is 27.5 Å². The van der Waals surface area contributed by atoms with Crippen LogP contribution in [-0.4, -0.2) is 0 Å². The minimum Gasteiger partial charge on any atom is -0.398 e. The van der Waals surface area contributed by atoms with Crippen molar-refractivity contribution in [2.24, 2.45) is 0 Å². The van der Waals surface area contributed by atoms with Gasteiger partial charge in [-0.2, -0.15) is 0 Å². The number of nitrogens with two attached hydrogens (primary N) is 1. The predicted molar refractivity (Wildman–Crippen MR) is 69.0 cm³/mol. The highest BCUT2D eigenvalue weighted by atomic mass is 79.9. The van der Waals surface area contributed by atoms with Crippen molar-refractivity contribution in [2.75, 3.05) is 5.73 Å². The van der Waals surface area contributed by atoms with Crippen LogP contribution in [0.5, 0.6) is 0 Å². The molecule has 0 heterocycles. The van der Waals surface area contributed by atoms with Gasteiger partial charge in [-0.25, -0.2) is 4.39 Å². The van der Waals surface area contributed by atoms with Gasteiger partial charge in [-0.1, -0.05) is 35.9 Å². The third-order valence-corrected chi connectivity index (χ3v) is 3.54. The molecular formula is C12H8BrClFN. The molecule has 0 unspecified atom stereocenters. The molecule has 0 bridgehead atoms. The van der Waals surface area contributed by atoms with Crippen molar-refractivity contribution >= 4 is 33.2 Å². The van der Waals surface area contributed by atoms with Crippen LogP contribution in [-0.2, 0) is 0 Å². The molecule has 0 saturated carbocycles. The highest BCUT2D eigenvalue weighted by Crippen LogP contribution is 2.35. The Kier molecular flexibility index (Phi) is 3.17. The van der Waals surface area contributed by atoms with Gasteiger partial charge in [0, 0.05) is 21.3 Å². The van der Waals surface area contributed by atoms with E-state index in [1.54, 1.807) is 36.4 Å². The summed E-state index contributed by atoms with van der Waals surface area (Å²) < 4.78 is 14.4. The average molecular weight is 301 g/mol. The SMILES string of the molecule is Nc1ccccc1-c1ccc(Br)c(Cl)c1F. The molecule has 2 rings (SSSR count). The minimum atomic E-state index is -0.464. The number of anilines is 1. The fourth-order valence-electron chi connectivity index (χ4n) is 1.48. The minimum absolute atomic E-state index is 0.0701. The van der Waals surface area contributed by atoms with Gasteiger partial charge in [0.05, 0.1) is 5.02 Å². The summed E-state index contributed by atoms with van der Waals surface area (Å²) >= 11 is 8.99. The van der Waals surface area contributed by atoms with E-state index in [0.717, 1.165) is 0 Å². The van der Waals surface area contributed by atoms with Gasteiger partial charge in [0.1, 0.15) is 0 Å². The molecule has 2 aromatic rings. The lowest BCUT2D eigenvalue weighted by Crippen LogP contribution is -1.92. The Balaban J connectivity index is 2.66. The molecule has 16 heavy (non-hydrogen) atoms. The van der Waals surface area contributed by atoms with Crippen molar-refractivity contribution in [3.05, 3.63) is 51.7 Å². The molecular weight excluding hydrogens is 292 g/mol. The zero-order valence-electron chi connectivity index (χ0n) is 8.18. The molecule has 0 atom stereocenters. The average Bonchev–Trinajstić information content (AvgIpc) is 2.28. The van der Waals surface area contributed by atoms with Crippen LogP contribution < -0.4 is 5.73 Å². The number of benzene rings is 2. The van der Waals surface area contributed by atoms with Crippen molar-refractivity contribution in [3.63, 3.8) is 0 Å². The highest BCUT2D eigenvalue weighted by molar-refractivity contribution is 9.10.